The van der Waals surface area contributed by atoms with Crippen molar-refractivity contribution >= 4 is 44.6 Å². The summed E-state index contributed by atoms with van der Waals surface area (Å²) in [7, 11) is -2.46. The molecule has 0 unspecified atom stereocenters. The van der Waals surface area contributed by atoms with Gasteiger partial charge in [-0.2, -0.15) is 0 Å². The maximum atomic E-state index is 15.1. The number of carbonyl (C=O) groups is 4. The van der Waals surface area contributed by atoms with E-state index in [1.54, 1.807) is 53.1 Å². The predicted octanol–water partition coefficient (Wildman–Crippen LogP) is 6.22. The lowest BCUT2D eigenvalue weighted by molar-refractivity contribution is -0.142. The van der Waals surface area contributed by atoms with Crippen LogP contribution in [0.3, 0.4) is 0 Å². The first-order chi connectivity index (χ1) is 30.1. The smallest absolute Gasteiger partial charge is 0.408 e. The lowest BCUT2D eigenvalue weighted by Crippen LogP contribution is -2.59. The molecule has 4 amide bonds. The Bertz CT molecular complexity index is 2410. The Morgan fingerprint density at radius 1 is 1.05 bits per heavy atom. The molecule has 7 atom stereocenters. The average molecular weight is 903 g/mol. The van der Waals surface area contributed by atoms with Gasteiger partial charge < -0.3 is 34.5 Å². The Morgan fingerprint density at radius 2 is 1.80 bits per heavy atom. The van der Waals surface area contributed by atoms with E-state index in [4.69, 9.17) is 23.9 Å². The van der Waals surface area contributed by atoms with E-state index in [1.165, 1.54) is 4.90 Å². The van der Waals surface area contributed by atoms with E-state index in [9.17, 15) is 22.8 Å². The molecule has 3 fully saturated rings. The number of fused-ring (bicyclic) bond motifs is 3. The number of rotatable bonds is 10. The molecule has 2 saturated carbocycles. The lowest BCUT2D eigenvalue weighted by Gasteiger charge is -2.33. The molecule has 1 aromatic carbocycles. The average Bonchev–Trinajstić information content (AvgIpc) is 4.10. The second-order valence-corrected chi connectivity index (χ2v) is 21.7. The van der Waals surface area contributed by atoms with Crippen LogP contribution in [0.4, 0.5) is 4.79 Å². The molecule has 1 saturated heterocycles. The number of hydrogen-bond acceptors (Lipinski definition) is 12. The fourth-order valence-corrected chi connectivity index (χ4v) is 9.91. The minimum absolute atomic E-state index is 0.0115. The Morgan fingerprint density at radius 3 is 2.45 bits per heavy atom. The van der Waals surface area contributed by atoms with Crippen LogP contribution in [0.1, 0.15) is 100 Å². The molecule has 16 nitrogen and oxygen atoms in total. The summed E-state index contributed by atoms with van der Waals surface area (Å²) in [5, 5.41) is 7.17. The summed E-state index contributed by atoms with van der Waals surface area (Å²) in [6, 6.07) is 8.70. The number of alkyl carbamates (subject to hydrolysis) is 1. The van der Waals surface area contributed by atoms with E-state index in [0.717, 1.165) is 11.8 Å². The number of sulfonamides is 1. The molecule has 3 N–H and O–H groups in total. The van der Waals surface area contributed by atoms with Crippen LogP contribution in [-0.4, -0.2) is 101 Å². The lowest BCUT2D eigenvalue weighted by atomic mass is 9.88. The third-order valence-electron chi connectivity index (χ3n) is 12.6. The Labute approximate surface area is 375 Å². The van der Waals surface area contributed by atoms with Crippen molar-refractivity contribution in [2.75, 3.05) is 13.7 Å². The summed E-state index contributed by atoms with van der Waals surface area (Å²) in [6.07, 6.45) is 6.84. The zero-order valence-corrected chi connectivity index (χ0v) is 39.0. The molecule has 2 aliphatic heterocycles. The number of hydrogen-bond donors (Lipinski definition) is 3. The maximum absolute atomic E-state index is 15.1. The number of amides is 4. The van der Waals surface area contributed by atoms with Crippen molar-refractivity contribution in [3.8, 4) is 28.8 Å². The standard InChI is InChI=1S/C47H62N6O10S/c1-27(2)61-38-17-14-30(25-48-38)36-22-31-21-33(60-9)15-16-35(31)41(49-36)62-34-23-37-40(54)51-47(43(56)52-64(58,59)46(8)18-19-46)24-32(47)13-11-10-12-28(3)20-29(4)39(42(55)53(37)26-34)50-44(57)63-45(5,6)7/h11,13-17,21-22,25,27-29,32,34,37,39H,10,12,18-20,23-24,26H2,1-9H3,(H,50,57)(H,51,54)(H,52,56)/b13-11-/t28-,29-,32-,34-,37+,39+,47-/m1/s1. The van der Waals surface area contributed by atoms with Gasteiger partial charge in [-0.3, -0.25) is 19.1 Å². The zero-order chi connectivity index (χ0) is 46.4. The maximum Gasteiger partial charge on any atom is 0.408 e. The Hall–Kier alpha value is -5.45. The van der Waals surface area contributed by atoms with Crippen LogP contribution in [0.2, 0.25) is 0 Å². The number of benzene rings is 1. The van der Waals surface area contributed by atoms with Crippen LogP contribution in [0, 0.1) is 17.8 Å². The largest absolute Gasteiger partial charge is 0.497 e. The number of pyridine rings is 2. The summed E-state index contributed by atoms with van der Waals surface area (Å²) < 4.78 is 51.5. The number of aromatic nitrogens is 2. The molecule has 3 aromatic rings. The van der Waals surface area contributed by atoms with Crippen LogP contribution in [0.15, 0.2) is 54.7 Å². The van der Waals surface area contributed by atoms with Crippen molar-refractivity contribution in [3.05, 3.63) is 54.7 Å². The van der Waals surface area contributed by atoms with Gasteiger partial charge in [0.15, 0.2) is 0 Å². The first kappa shape index (κ1) is 46.5. The molecule has 17 heteroatoms. The van der Waals surface area contributed by atoms with Gasteiger partial charge in [0, 0.05) is 35.6 Å². The molecule has 64 heavy (non-hydrogen) atoms. The fraction of sp³-hybridized carbons (Fsp3) is 0.574. The quantitative estimate of drug-likeness (QED) is 0.194. The topological polar surface area (TPSA) is 204 Å². The Balaban J connectivity index is 1.26. The molecule has 346 valence electrons. The van der Waals surface area contributed by atoms with E-state index >= 15 is 4.79 Å². The van der Waals surface area contributed by atoms with Crippen LogP contribution in [0.5, 0.6) is 17.5 Å². The van der Waals surface area contributed by atoms with Crippen LogP contribution in [0.25, 0.3) is 22.0 Å². The summed E-state index contributed by atoms with van der Waals surface area (Å²) in [5.41, 5.74) is -1.18. The molecule has 4 heterocycles. The van der Waals surface area contributed by atoms with Gasteiger partial charge in [-0.25, -0.2) is 23.2 Å². The highest BCUT2D eigenvalue weighted by molar-refractivity contribution is 7.91. The first-order valence-electron chi connectivity index (χ1n) is 22.2. The number of methoxy groups -OCH3 is 1. The minimum atomic E-state index is -4.03. The molecule has 2 aromatic heterocycles. The van der Waals surface area contributed by atoms with Gasteiger partial charge >= 0.3 is 6.09 Å². The van der Waals surface area contributed by atoms with Crippen molar-refractivity contribution in [2.24, 2.45) is 17.8 Å². The normalized spacial score (nSPS) is 27.5. The van der Waals surface area contributed by atoms with Crippen molar-refractivity contribution in [2.45, 2.75) is 141 Å². The number of ether oxygens (including phenoxy) is 4. The van der Waals surface area contributed by atoms with E-state index in [0.29, 0.717) is 54.0 Å². The third-order valence-corrected chi connectivity index (χ3v) is 14.8. The predicted molar refractivity (Wildman–Crippen MR) is 240 cm³/mol. The molecule has 0 radical (unpaired) electrons. The highest BCUT2D eigenvalue weighted by Crippen LogP contribution is 2.48. The van der Waals surface area contributed by atoms with Gasteiger partial charge in [-0.15, -0.1) is 0 Å². The summed E-state index contributed by atoms with van der Waals surface area (Å²) >= 11 is 0. The fourth-order valence-electron chi connectivity index (χ4n) is 8.60. The first-order valence-corrected chi connectivity index (χ1v) is 23.7. The number of nitrogens with zero attached hydrogens (tertiary/aromatic N) is 3. The van der Waals surface area contributed by atoms with Gasteiger partial charge in [0.1, 0.15) is 35.1 Å². The number of allylic oxidation sites excluding steroid dienone is 1. The van der Waals surface area contributed by atoms with Gasteiger partial charge in [0.05, 0.1) is 30.2 Å². The summed E-state index contributed by atoms with van der Waals surface area (Å²) in [5.74, 6) is -1.41. The third kappa shape index (κ3) is 10.2. The van der Waals surface area contributed by atoms with E-state index < -0.39 is 73.8 Å². The van der Waals surface area contributed by atoms with E-state index in [-0.39, 0.29) is 43.2 Å². The van der Waals surface area contributed by atoms with Crippen molar-refractivity contribution in [3.63, 3.8) is 0 Å². The van der Waals surface area contributed by atoms with Crippen LogP contribution in [-0.2, 0) is 29.1 Å². The van der Waals surface area contributed by atoms with Crippen LogP contribution >= 0.6 is 0 Å². The molecular formula is C47H62N6O10S. The van der Waals surface area contributed by atoms with E-state index in [2.05, 4.69) is 27.3 Å². The van der Waals surface area contributed by atoms with Gasteiger partial charge in [0.25, 0.3) is 5.91 Å². The van der Waals surface area contributed by atoms with Gasteiger partial charge in [0.2, 0.25) is 33.6 Å². The summed E-state index contributed by atoms with van der Waals surface area (Å²) in [4.78, 5) is 68.1. The molecular weight excluding hydrogens is 841 g/mol. The monoisotopic (exact) mass is 902 g/mol. The molecule has 2 aliphatic carbocycles. The second kappa shape index (κ2) is 17.8. The minimum Gasteiger partial charge on any atom is -0.497 e. The Kier molecular flexibility index (Phi) is 13.0. The van der Waals surface area contributed by atoms with Gasteiger partial charge in [-0.1, -0.05) is 26.0 Å². The van der Waals surface area contributed by atoms with Crippen molar-refractivity contribution in [1.82, 2.24) is 30.2 Å². The number of carbonyl (C=O) groups excluding carboxylic acids is 4. The molecule has 0 spiro atoms. The summed E-state index contributed by atoms with van der Waals surface area (Å²) in [6.45, 7) is 14.5. The SMILES string of the molecule is COc1ccc2c(O[C@@H]3C[C@H]4C(=O)N[C@]5(C(=O)NS(=O)(=O)C6(C)CC6)C[C@H]5/C=C\CC[C@@H](C)C[C@@H](C)[C@H](NC(=O)OC(C)(C)C)C(=O)N4C3)nc(-c3ccc(OC(C)C)nc3)cc2c1. The molecule has 4 aliphatic rings. The highest BCUT2D eigenvalue weighted by Gasteiger charge is 2.63. The molecule has 7 rings (SSSR count). The second-order valence-electron chi connectivity index (χ2n) is 19.5. The highest BCUT2D eigenvalue weighted by atomic mass is 32.2. The molecule has 0 bridgehead atoms. The van der Waals surface area contributed by atoms with Crippen molar-refractivity contribution < 1.29 is 46.5 Å². The van der Waals surface area contributed by atoms with Crippen LogP contribution < -0.4 is 29.6 Å². The zero-order valence-electron chi connectivity index (χ0n) is 38.2. The van der Waals surface area contributed by atoms with E-state index in [1.807, 2.05) is 57.2 Å². The number of nitrogens with one attached hydrogen (secondary N) is 3. The van der Waals surface area contributed by atoms with Gasteiger partial charge in [-0.05, 0) is 128 Å². The van der Waals surface area contributed by atoms with Crippen molar-refractivity contribution in [1.29, 1.82) is 0 Å².